The maximum absolute atomic E-state index is 13.8. The highest BCUT2D eigenvalue weighted by molar-refractivity contribution is 5.92. The molecular formula is C28H41N3O4. The van der Waals surface area contributed by atoms with E-state index in [9.17, 15) is 14.4 Å². The van der Waals surface area contributed by atoms with Crippen LogP contribution in [0, 0.1) is 18.3 Å². The van der Waals surface area contributed by atoms with Crippen LogP contribution in [0.4, 0.5) is 4.79 Å². The lowest BCUT2D eigenvalue weighted by Crippen LogP contribution is -2.55. The number of rotatable bonds is 12. The van der Waals surface area contributed by atoms with Gasteiger partial charge in [0.25, 0.3) is 0 Å². The molecule has 7 nitrogen and oxygen atoms in total. The van der Waals surface area contributed by atoms with Gasteiger partial charge in [0.05, 0.1) is 0 Å². The molecule has 2 N–H and O–H groups in total. The Morgan fingerprint density at radius 1 is 1.20 bits per heavy atom. The van der Waals surface area contributed by atoms with Gasteiger partial charge in [-0.25, -0.2) is 4.79 Å². The van der Waals surface area contributed by atoms with Crippen molar-refractivity contribution >= 4 is 17.9 Å². The molecule has 0 spiro atoms. The third-order valence-corrected chi connectivity index (χ3v) is 5.26. The van der Waals surface area contributed by atoms with Crippen molar-refractivity contribution in [3.05, 3.63) is 48.0 Å². The summed E-state index contributed by atoms with van der Waals surface area (Å²) in [5.74, 6) is 1.60. The standard InChI is InChI=1S/C28H41N3O4/c1-9-12-15-18-29-25(32)24(22-17-14-13-16-21(22)11-3)31(19-10-2)26(33)23(20(4)5)30-27(34)35-28(6,7)8/h3,10,13-14,16-17,20,23-24H,2,9,12,15,18-19H2,1,4-8H3,(H,29,32)(H,30,34). The van der Waals surface area contributed by atoms with Gasteiger partial charge in [0.15, 0.2) is 0 Å². The van der Waals surface area contributed by atoms with Crippen LogP contribution < -0.4 is 10.6 Å². The van der Waals surface area contributed by atoms with Gasteiger partial charge >= 0.3 is 6.09 Å². The Balaban J connectivity index is 3.43. The molecule has 0 radical (unpaired) electrons. The smallest absolute Gasteiger partial charge is 0.408 e. The van der Waals surface area contributed by atoms with E-state index in [0.717, 1.165) is 19.3 Å². The Kier molecular flexibility index (Phi) is 12.1. The minimum absolute atomic E-state index is 0.0873. The highest BCUT2D eigenvalue weighted by Crippen LogP contribution is 2.26. The monoisotopic (exact) mass is 483 g/mol. The number of hydrogen-bond donors (Lipinski definition) is 2. The second-order valence-electron chi connectivity index (χ2n) is 9.78. The molecule has 35 heavy (non-hydrogen) atoms. The lowest BCUT2D eigenvalue weighted by Gasteiger charge is -2.35. The Morgan fingerprint density at radius 3 is 2.40 bits per heavy atom. The fraction of sp³-hybridized carbons (Fsp3) is 0.536. The van der Waals surface area contributed by atoms with Crippen LogP contribution in [-0.2, 0) is 14.3 Å². The molecule has 3 amide bonds. The van der Waals surface area contributed by atoms with Gasteiger partial charge in [-0.1, -0.05) is 63.8 Å². The molecule has 0 aliphatic carbocycles. The van der Waals surface area contributed by atoms with Crippen molar-refractivity contribution in [3.8, 4) is 12.3 Å². The van der Waals surface area contributed by atoms with Crippen molar-refractivity contribution in [2.24, 2.45) is 5.92 Å². The first-order chi connectivity index (χ1) is 16.5. The molecule has 0 saturated heterocycles. The number of benzene rings is 1. The molecule has 2 atom stereocenters. The first kappa shape index (κ1) is 29.8. The first-order valence-electron chi connectivity index (χ1n) is 12.2. The molecule has 7 heteroatoms. The van der Waals surface area contributed by atoms with Gasteiger partial charge in [0, 0.05) is 18.7 Å². The predicted octanol–water partition coefficient (Wildman–Crippen LogP) is 4.58. The molecule has 0 heterocycles. The average molecular weight is 484 g/mol. The molecule has 0 aliphatic rings. The molecule has 0 aromatic heterocycles. The van der Waals surface area contributed by atoms with Crippen LogP contribution in [0.3, 0.4) is 0 Å². The Morgan fingerprint density at radius 2 is 1.86 bits per heavy atom. The Hall–Kier alpha value is -3.27. The number of terminal acetylenes is 1. The van der Waals surface area contributed by atoms with E-state index in [-0.39, 0.29) is 18.4 Å². The molecule has 2 unspecified atom stereocenters. The summed E-state index contributed by atoms with van der Waals surface area (Å²) in [6, 6.07) is 5.15. The molecule has 1 aromatic rings. The van der Waals surface area contributed by atoms with E-state index in [1.165, 1.54) is 4.90 Å². The average Bonchev–Trinajstić information content (AvgIpc) is 2.78. The third kappa shape index (κ3) is 9.48. The van der Waals surface area contributed by atoms with E-state index in [1.54, 1.807) is 51.1 Å². The van der Waals surface area contributed by atoms with Crippen molar-refractivity contribution in [2.75, 3.05) is 13.1 Å². The van der Waals surface area contributed by atoms with Crippen molar-refractivity contribution in [1.82, 2.24) is 15.5 Å². The maximum Gasteiger partial charge on any atom is 0.408 e. The summed E-state index contributed by atoms with van der Waals surface area (Å²) in [7, 11) is 0. The molecule has 0 aliphatic heterocycles. The molecular weight excluding hydrogens is 442 g/mol. The summed E-state index contributed by atoms with van der Waals surface area (Å²) in [4.78, 5) is 41.2. The topological polar surface area (TPSA) is 87.7 Å². The summed E-state index contributed by atoms with van der Waals surface area (Å²) in [5.41, 5.74) is 0.337. The predicted molar refractivity (Wildman–Crippen MR) is 140 cm³/mol. The van der Waals surface area contributed by atoms with Crippen LogP contribution in [0.1, 0.15) is 78.0 Å². The first-order valence-corrected chi connectivity index (χ1v) is 12.2. The maximum atomic E-state index is 13.8. The molecule has 0 fully saturated rings. The SMILES string of the molecule is C#Cc1ccccc1C(C(=O)NCCCCC)N(CC=C)C(=O)C(NC(=O)OC(C)(C)C)C(C)C. The molecule has 1 aromatic carbocycles. The van der Waals surface area contributed by atoms with E-state index in [4.69, 9.17) is 11.2 Å². The van der Waals surface area contributed by atoms with Crippen molar-refractivity contribution in [3.63, 3.8) is 0 Å². The fourth-order valence-electron chi connectivity index (χ4n) is 3.59. The quantitative estimate of drug-likeness (QED) is 0.259. The molecule has 1 rings (SSSR count). The number of alkyl carbamates (subject to hydrolysis) is 1. The van der Waals surface area contributed by atoms with E-state index < -0.39 is 29.7 Å². The largest absolute Gasteiger partial charge is 0.444 e. The van der Waals surface area contributed by atoms with Crippen LogP contribution in [0.5, 0.6) is 0 Å². The van der Waals surface area contributed by atoms with E-state index in [1.807, 2.05) is 13.8 Å². The lowest BCUT2D eigenvalue weighted by molar-refractivity contribution is -0.142. The summed E-state index contributed by atoms with van der Waals surface area (Å²) < 4.78 is 5.37. The van der Waals surface area contributed by atoms with Gasteiger partial charge in [-0.2, -0.15) is 0 Å². The fourth-order valence-corrected chi connectivity index (χ4v) is 3.59. The zero-order chi connectivity index (χ0) is 26.6. The molecule has 0 saturated carbocycles. The highest BCUT2D eigenvalue weighted by Gasteiger charge is 2.37. The van der Waals surface area contributed by atoms with Gasteiger partial charge in [-0.3, -0.25) is 9.59 Å². The van der Waals surface area contributed by atoms with Gasteiger partial charge in [0.1, 0.15) is 17.7 Å². The highest BCUT2D eigenvalue weighted by atomic mass is 16.6. The number of nitrogens with one attached hydrogen (secondary N) is 2. The molecule has 192 valence electrons. The second-order valence-corrected chi connectivity index (χ2v) is 9.78. The number of nitrogens with zero attached hydrogens (tertiary/aromatic N) is 1. The normalized spacial score (nSPS) is 12.7. The Bertz CT molecular complexity index is 912. The van der Waals surface area contributed by atoms with Crippen LogP contribution in [0.25, 0.3) is 0 Å². The number of carbonyl (C=O) groups excluding carboxylic acids is 3. The van der Waals surface area contributed by atoms with Crippen molar-refractivity contribution in [2.45, 2.75) is 78.5 Å². The van der Waals surface area contributed by atoms with Crippen LogP contribution in [0.15, 0.2) is 36.9 Å². The zero-order valence-electron chi connectivity index (χ0n) is 22.0. The number of carbonyl (C=O) groups is 3. The van der Waals surface area contributed by atoms with Crippen LogP contribution in [-0.4, -0.2) is 47.5 Å². The minimum Gasteiger partial charge on any atom is -0.444 e. The summed E-state index contributed by atoms with van der Waals surface area (Å²) in [6.07, 6.45) is 9.42. The summed E-state index contributed by atoms with van der Waals surface area (Å²) in [6.45, 7) is 15.3. The van der Waals surface area contributed by atoms with Gasteiger partial charge in [0.2, 0.25) is 11.8 Å². The van der Waals surface area contributed by atoms with Crippen molar-refractivity contribution in [1.29, 1.82) is 0 Å². The van der Waals surface area contributed by atoms with Gasteiger partial charge in [-0.15, -0.1) is 13.0 Å². The number of ether oxygens (including phenoxy) is 1. The van der Waals surface area contributed by atoms with Crippen molar-refractivity contribution < 1.29 is 19.1 Å². The molecule has 0 bridgehead atoms. The third-order valence-electron chi connectivity index (χ3n) is 5.26. The van der Waals surface area contributed by atoms with Crippen LogP contribution >= 0.6 is 0 Å². The number of hydrogen-bond acceptors (Lipinski definition) is 4. The Labute approximate surface area is 210 Å². The van der Waals surface area contributed by atoms with E-state index in [0.29, 0.717) is 17.7 Å². The van der Waals surface area contributed by atoms with E-state index in [2.05, 4.69) is 30.1 Å². The zero-order valence-corrected chi connectivity index (χ0v) is 22.0. The van der Waals surface area contributed by atoms with Crippen LogP contribution in [0.2, 0.25) is 0 Å². The van der Waals surface area contributed by atoms with Gasteiger partial charge < -0.3 is 20.3 Å². The number of amides is 3. The summed E-state index contributed by atoms with van der Waals surface area (Å²) >= 11 is 0. The minimum atomic E-state index is -0.990. The van der Waals surface area contributed by atoms with Gasteiger partial charge in [-0.05, 0) is 44.7 Å². The lowest BCUT2D eigenvalue weighted by atomic mass is 9.96. The van der Waals surface area contributed by atoms with E-state index >= 15 is 0 Å². The number of unbranched alkanes of at least 4 members (excludes halogenated alkanes) is 2. The second kappa shape index (κ2) is 14.2. The summed E-state index contributed by atoms with van der Waals surface area (Å²) in [5, 5.41) is 5.64.